The number of hydrogen-bond acceptors (Lipinski definition) is 3. The molecule has 3 N–H and O–H groups in total. The number of aryl methyl sites for hydroxylation is 1. The SMILES string of the molecule is Cc1ccc(NC(=O)C(=O)Nc2ccc(O)cc2)c(Br)c1. The minimum absolute atomic E-state index is 0.0843. The number of rotatable bonds is 2. The Morgan fingerprint density at radius 3 is 2.24 bits per heavy atom. The van der Waals surface area contributed by atoms with E-state index < -0.39 is 11.8 Å². The van der Waals surface area contributed by atoms with Gasteiger partial charge in [-0.25, -0.2) is 0 Å². The van der Waals surface area contributed by atoms with Crippen molar-refractivity contribution in [1.29, 1.82) is 0 Å². The molecule has 2 aromatic rings. The third-order valence-corrected chi connectivity index (χ3v) is 3.36. The van der Waals surface area contributed by atoms with Crippen molar-refractivity contribution in [3.05, 3.63) is 52.5 Å². The van der Waals surface area contributed by atoms with Crippen LogP contribution in [0.2, 0.25) is 0 Å². The highest BCUT2D eigenvalue weighted by atomic mass is 79.9. The molecule has 2 rings (SSSR count). The van der Waals surface area contributed by atoms with Crippen LogP contribution in [0.3, 0.4) is 0 Å². The predicted octanol–water partition coefficient (Wildman–Crippen LogP) is 3.04. The number of aromatic hydroxyl groups is 1. The van der Waals surface area contributed by atoms with Crippen LogP contribution in [0.15, 0.2) is 46.9 Å². The predicted molar refractivity (Wildman–Crippen MR) is 84.2 cm³/mol. The van der Waals surface area contributed by atoms with E-state index in [1.165, 1.54) is 24.3 Å². The molecule has 0 bridgehead atoms. The molecule has 108 valence electrons. The molecule has 0 saturated carbocycles. The summed E-state index contributed by atoms with van der Waals surface area (Å²) in [5.41, 5.74) is 1.98. The Labute approximate surface area is 130 Å². The molecular formula is C15H13BrN2O3. The van der Waals surface area contributed by atoms with Crippen molar-refractivity contribution in [2.24, 2.45) is 0 Å². The molecule has 0 unspecified atom stereocenters. The lowest BCUT2D eigenvalue weighted by molar-refractivity contribution is -0.133. The van der Waals surface area contributed by atoms with Crippen molar-refractivity contribution in [1.82, 2.24) is 0 Å². The summed E-state index contributed by atoms with van der Waals surface area (Å²) in [4.78, 5) is 23.6. The third kappa shape index (κ3) is 4.06. The van der Waals surface area contributed by atoms with Crippen LogP contribution in [0.5, 0.6) is 5.75 Å². The van der Waals surface area contributed by atoms with E-state index in [1.54, 1.807) is 6.07 Å². The highest BCUT2D eigenvalue weighted by Gasteiger charge is 2.15. The van der Waals surface area contributed by atoms with E-state index in [2.05, 4.69) is 26.6 Å². The largest absolute Gasteiger partial charge is 0.508 e. The van der Waals surface area contributed by atoms with Gasteiger partial charge in [-0.2, -0.15) is 0 Å². The number of amides is 2. The van der Waals surface area contributed by atoms with Crippen molar-refractivity contribution in [3.63, 3.8) is 0 Å². The zero-order valence-electron chi connectivity index (χ0n) is 11.2. The standard InChI is InChI=1S/C15H13BrN2O3/c1-9-2-7-13(12(16)8-9)18-15(21)14(20)17-10-3-5-11(19)6-4-10/h2-8,19H,1H3,(H,17,20)(H,18,21). The van der Waals surface area contributed by atoms with E-state index >= 15 is 0 Å². The lowest BCUT2D eigenvalue weighted by Crippen LogP contribution is -2.29. The van der Waals surface area contributed by atoms with Crippen molar-refractivity contribution < 1.29 is 14.7 Å². The highest BCUT2D eigenvalue weighted by molar-refractivity contribution is 9.10. The van der Waals surface area contributed by atoms with Gasteiger partial charge < -0.3 is 15.7 Å². The normalized spacial score (nSPS) is 10.0. The fourth-order valence-corrected chi connectivity index (χ4v) is 2.23. The molecule has 0 saturated heterocycles. The molecular weight excluding hydrogens is 336 g/mol. The summed E-state index contributed by atoms with van der Waals surface area (Å²) >= 11 is 3.33. The lowest BCUT2D eigenvalue weighted by Gasteiger charge is -2.08. The summed E-state index contributed by atoms with van der Waals surface area (Å²) in [6, 6.07) is 11.2. The van der Waals surface area contributed by atoms with Crippen LogP contribution in [-0.2, 0) is 9.59 Å². The fourth-order valence-electron chi connectivity index (χ4n) is 1.63. The van der Waals surface area contributed by atoms with Gasteiger partial charge in [0.05, 0.1) is 5.69 Å². The number of phenols is 1. The van der Waals surface area contributed by atoms with E-state index in [0.29, 0.717) is 15.8 Å². The minimum atomic E-state index is -0.784. The van der Waals surface area contributed by atoms with E-state index in [-0.39, 0.29) is 5.75 Å². The topological polar surface area (TPSA) is 78.4 Å². The molecule has 0 aliphatic rings. The molecule has 0 aliphatic heterocycles. The van der Waals surface area contributed by atoms with Crippen molar-refractivity contribution in [3.8, 4) is 5.75 Å². The zero-order valence-corrected chi connectivity index (χ0v) is 12.8. The number of benzene rings is 2. The number of anilines is 2. The van der Waals surface area contributed by atoms with E-state index in [9.17, 15) is 9.59 Å². The second-order valence-corrected chi connectivity index (χ2v) is 5.29. The number of nitrogens with one attached hydrogen (secondary N) is 2. The Morgan fingerprint density at radius 2 is 1.62 bits per heavy atom. The molecule has 6 heteroatoms. The molecule has 21 heavy (non-hydrogen) atoms. The number of carbonyl (C=O) groups excluding carboxylic acids is 2. The molecule has 2 aromatic carbocycles. The van der Waals surface area contributed by atoms with Crippen LogP contribution in [0, 0.1) is 6.92 Å². The second kappa shape index (κ2) is 6.41. The second-order valence-electron chi connectivity index (χ2n) is 4.44. The van der Waals surface area contributed by atoms with E-state index in [0.717, 1.165) is 5.56 Å². The van der Waals surface area contributed by atoms with Gasteiger partial charge in [-0.15, -0.1) is 0 Å². The van der Waals surface area contributed by atoms with Gasteiger partial charge in [0.2, 0.25) is 0 Å². The number of phenolic OH excluding ortho intramolecular Hbond substituents is 1. The Bertz CT molecular complexity index is 684. The van der Waals surface area contributed by atoms with Crippen molar-refractivity contribution in [2.45, 2.75) is 6.92 Å². The van der Waals surface area contributed by atoms with Gasteiger partial charge in [-0.3, -0.25) is 9.59 Å². The lowest BCUT2D eigenvalue weighted by atomic mass is 10.2. The summed E-state index contributed by atoms with van der Waals surface area (Å²) in [6.45, 7) is 1.92. The first-order chi connectivity index (χ1) is 9.95. The van der Waals surface area contributed by atoms with Crippen LogP contribution < -0.4 is 10.6 Å². The molecule has 0 spiro atoms. The van der Waals surface area contributed by atoms with Crippen LogP contribution >= 0.6 is 15.9 Å². The van der Waals surface area contributed by atoms with Gasteiger partial charge in [0.1, 0.15) is 5.75 Å². The average Bonchev–Trinajstić information content (AvgIpc) is 2.44. The Morgan fingerprint density at radius 1 is 1.00 bits per heavy atom. The smallest absolute Gasteiger partial charge is 0.314 e. The first-order valence-electron chi connectivity index (χ1n) is 6.13. The fraction of sp³-hybridized carbons (Fsp3) is 0.0667. The van der Waals surface area contributed by atoms with Crippen LogP contribution in [-0.4, -0.2) is 16.9 Å². The summed E-state index contributed by atoms with van der Waals surface area (Å²) in [7, 11) is 0. The monoisotopic (exact) mass is 348 g/mol. The maximum Gasteiger partial charge on any atom is 0.314 e. The first-order valence-corrected chi connectivity index (χ1v) is 6.92. The first kappa shape index (κ1) is 15.1. The van der Waals surface area contributed by atoms with Gasteiger partial charge >= 0.3 is 11.8 Å². The Balaban J connectivity index is 2.02. The molecule has 0 aliphatic carbocycles. The van der Waals surface area contributed by atoms with Gasteiger partial charge in [0.25, 0.3) is 0 Å². The minimum Gasteiger partial charge on any atom is -0.508 e. The van der Waals surface area contributed by atoms with E-state index in [1.807, 2.05) is 19.1 Å². The van der Waals surface area contributed by atoms with Crippen molar-refractivity contribution >= 4 is 39.1 Å². The maximum absolute atomic E-state index is 11.8. The molecule has 5 nitrogen and oxygen atoms in total. The third-order valence-electron chi connectivity index (χ3n) is 2.70. The van der Waals surface area contributed by atoms with E-state index in [4.69, 9.17) is 5.11 Å². The zero-order chi connectivity index (χ0) is 15.4. The summed E-state index contributed by atoms with van der Waals surface area (Å²) in [5.74, 6) is -1.47. The van der Waals surface area contributed by atoms with Gasteiger partial charge in [-0.1, -0.05) is 6.07 Å². The molecule has 2 amide bonds. The molecule has 0 aromatic heterocycles. The maximum atomic E-state index is 11.8. The number of carbonyl (C=O) groups is 2. The van der Waals surface area contributed by atoms with Crippen LogP contribution in [0.25, 0.3) is 0 Å². The Hall–Kier alpha value is -2.34. The molecule has 0 atom stereocenters. The molecule has 0 fully saturated rings. The number of halogens is 1. The van der Waals surface area contributed by atoms with Crippen molar-refractivity contribution in [2.75, 3.05) is 10.6 Å². The van der Waals surface area contributed by atoms with Crippen LogP contribution in [0.1, 0.15) is 5.56 Å². The molecule has 0 radical (unpaired) electrons. The summed E-state index contributed by atoms with van der Waals surface area (Å²) < 4.78 is 0.702. The highest BCUT2D eigenvalue weighted by Crippen LogP contribution is 2.23. The quantitative estimate of drug-likeness (QED) is 0.576. The van der Waals surface area contributed by atoms with Gasteiger partial charge in [0, 0.05) is 10.2 Å². The van der Waals surface area contributed by atoms with Gasteiger partial charge in [-0.05, 0) is 64.8 Å². The Kier molecular flexibility index (Phi) is 4.59. The summed E-state index contributed by atoms with van der Waals surface area (Å²) in [6.07, 6.45) is 0. The average molecular weight is 349 g/mol. The van der Waals surface area contributed by atoms with Gasteiger partial charge in [0.15, 0.2) is 0 Å². The summed E-state index contributed by atoms with van der Waals surface area (Å²) in [5, 5.41) is 14.1. The molecule has 0 heterocycles. The van der Waals surface area contributed by atoms with Crippen LogP contribution in [0.4, 0.5) is 11.4 Å². The number of hydrogen-bond donors (Lipinski definition) is 3.